The van der Waals surface area contributed by atoms with Gasteiger partial charge in [0, 0.05) is 24.4 Å². The predicted octanol–water partition coefficient (Wildman–Crippen LogP) is 3.82. The van der Waals surface area contributed by atoms with Crippen molar-refractivity contribution >= 4 is 35.2 Å². The second kappa shape index (κ2) is 9.14. The molecule has 3 rings (SSSR count). The Morgan fingerprint density at radius 2 is 1.79 bits per heavy atom. The Morgan fingerprint density at radius 3 is 2.46 bits per heavy atom. The van der Waals surface area contributed by atoms with Gasteiger partial charge in [-0.25, -0.2) is 0 Å². The summed E-state index contributed by atoms with van der Waals surface area (Å²) in [6.45, 7) is 1.55. The van der Waals surface area contributed by atoms with Gasteiger partial charge in [-0.05, 0) is 42.8 Å². The number of carbonyl (C=O) groups excluding carboxylic acids is 2. The lowest BCUT2D eigenvalue weighted by Gasteiger charge is -2.05. The number of amides is 1. The summed E-state index contributed by atoms with van der Waals surface area (Å²) in [5.41, 5.74) is 2.54. The van der Waals surface area contributed by atoms with E-state index >= 15 is 0 Å². The number of rotatable bonds is 7. The zero-order valence-electron chi connectivity index (χ0n) is 15.6. The second-order valence-corrected chi connectivity index (χ2v) is 7.11. The molecule has 0 saturated carbocycles. The maximum Gasteiger partial charge on any atom is 0.248 e. The third-order valence-corrected chi connectivity index (χ3v) is 5.04. The van der Waals surface area contributed by atoms with E-state index in [2.05, 4.69) is 15.5 Å². The number of benzene rings is 2. The molecule has 6 nitrogen and oxygen atoms in total. The molecule has 1 aromatic heterocycles. The van der Waals surface area contributed by atoms with Crippen LogP contribution in [0.25, 0.3) is 17.5 Å². The minimum absolute atomic E-state index is 0.0935. The summed E-state index contributed by atoms with van der Waals surface area (Å²) in [6, 6.07) is 17.0. The van der Waals surface area contributed by atoms with Crippen molar-refractivity contribution in [2.75, 3.05) is 11.1 Å². The number of nitrogens with zero attached hydrogens (tertiary/aromatic N) is 3. The fourth-order valence-electron chi connectivity index (χ4n) is 2.48. The molecule has 0 saturated heterocycles. The van der Waals surface area contributed by atoms with Crippen LogP contribution < -0.4 is 5.32 Å². The van der Waals surface area contributed by atoms with E-state index in [4.69, 9.17) is 0 Å². The van der Waals surface area contributed by atoms with Crippen molar-refractivity contribution in [1.82, 2.24) is 14.8 Å². The molecule has 2 aromatic carbocycles. The highest BCUT2D eigenvalue weighted by molar-refractivity contribution is 7.99. The number of hydrogen-bond donors (Lipinski definition) is 1. The normalized spacial score (nSPS) is 10.9. The van der Waals surface area contributed by atoms with Gasteiger partial charge in [0.05, 0.1) is 5.75 Å². The van der Waals surface area contributed by atoms with Gasteiger partial charge in [0.15, 0.2) is 11.0 Å². The molecule has 1 amide bonds. The maximum atomic E-state index is 12.1. The minimum atomic E-state index is -0.196. The van der Waals surface area contributed by atoms with E-state index in [-0.39, 0.29) is 11.7 Å². The Morgan fingerprint density at radius 1 is 1.07 bits per heavy atom. The lowest BCUT2D eigenvalue weighted by atomic mass is 10.2. The first-order valence-electron chi connectivity index (χ1n) is 8.69. The molecule has 0 unspecified atom stereocenters. The van der Waals surface area contributed by atoms with Gasteiger partial charge in [0.1, 0.15) is 5.78 Å². The van der Waals surface area contributed by atoms with Crippen LogP contribution in [0.2, 0.25) is 0 Å². The van der Waals surface area contributed by atoms with Gasteiger partial charge in [-0.3, -0.25) is 9.59 Å². The first-order valence-corrected chi connectivity index (χ1v) is 9.67. The van der Waals surface area contributed by atoms with Crippen molar-refractivity contribution < 1.29 is 9.59 Å². The Bertz CT molecular complexity index is 995. The Kier molecular flexibility index (Phi) is 6.39. The summed E-state index contributed by atoms with van der Waals surface area (Å²) in [6.07, 6.45) is 3.27. The lowest BCUT2D eigenvalue weighted by molar-refractivity contribution is -0.114. The first-order chi connectivity index (χ1) is 13.5. The van der Waals surface area contributed by atoms with Gasteiger partial charge in [-0.15, -0.1) is 10.2 Å². The molecular weight excluding hydrogens is 372 g/mol. The number of Topliss-reactive ketones (excluding diaryl/α,β-unsaturated/α-hetero) is 1. The van der Waals surface area contributed by atoms with Crippen LogP contribution in [-0.2, 0) is 16.6 Å². The number of carbonyl (C=O) groups is 2. The molecule has 1 heterocycles. The number of ketones is 1. The number of aromatic nitrogens is 3. The van der Waals surface area contributed by atoms with Crippen LogP contribution >= 0.6 is 11.8 Å². The number of anilines is 1. The monoisotopic (exact) mass is 392 g/mol. The van der Waals surface area contributed by atoms with Gasteiger partial charge >= 0.3 is 0 Å². The molecule has 3 aromatic rings. The van der Waals surface area contributed by atoms with E-state index in [0.717, 1.165) is 11.1 Å². The summed E-state index contributed by atoms with van der Waals surface area (Å²) >= 11 is 1.36. The van der Waals surface area contributed by atoms with Crippen molar-refractivity contribution in [2.45, 2.75) is 12.1 Å². The Labute approximate surface area is 167 Å². The van der Waals surface area contributed by atoms with E-state index in [0.29, 0.717) is 22.4 Å². The molecular formula is C21H20N4O2S. The average Bonchev–Trinajstić information content (AvgIpc) is 3.06. The molecule has 0 fully saturated rings. The van der Waals surface area contributed by atoms with Crippen LogP contribution in [0.1, 0.15) is 12.5 Å². The summed E-state index contributed by atoms with van der Waals surface area (Å²) in [4.78, 5) is 23.2. The molecule has 0 spiro atoms. The fourth-order valence-corrected chi connectivity index (χ4v) is 3.19. The minimum Gasteiger partial charge on any atom is -0.323 e. The van der Waals surface area contributed by atoms with Crippen molar-refractivity contribution in [1.29, 1.82) is 0 Å². The molecule has 0 bridgehead atoms. The SMILES string of the molecule is CC(=O)CSc1nnc(-c2ccc(NC(=O)C=Cc3ccccc3)cc2)n1C. The largest absolute Gasteiger partial charge is 0.323 e. The van der Waals surface area contributed by atoms with E-state index in [1.807, 2.05) is 66.2 Å². The lowest BCUT2D eigenvalue weighted by Crippen LogP contribution is -2.07. The van der Waals surface area contributed by atoms with Gasteiger partial charge in [-0.2, -0.15) is 0 Å². The summed E-state index contributed by atoms with van der Waals surface area (Å²) in [7, 11) is 1.86. The Balaban J connectivity index is 1.64. The van der Waals surface area contributed by atoms with E-state index in [9.17, 15) is 9.59 Å². The van der Waals surface area contributed by atoms with Crippen LogP contribution in [0.5, 0.6) is 0 Å². The van der Waals surface area contributed by atoms with Gasteiger partial charge in [-0.1, -0.05) is 42.1 Å². The number of nitrogens with one attached hydrogen (secondary N) is 1. The van der Waals surface area contributed by atoms with Crippen molar-refractivity contribution in [2.24, 2.45) is 7.05 Å². The third kappa shape index (κ3) is 5.17. The highest BCUT2D eigenvalue weighted by Crippen LogP contribution is 2.24. The van der Waals surface area contributed by atoms with Crippen LogP contribution in [0, 0.1) is 0 Å². The fraction of sp³-hybridized carbons (Fsp3) is 0.143. The van der Waals surface area contributed by atoms with Crippen LogP contribution in [0.3, 0.4) is 0 Å². The van der Waals surface area contributed by atoms with E-state index in [1.165, 1.54) is 17.8 Å². The summed E-state index contributed by atoms with van der Waals surface area (Å²) in [5, 5.41) is 11.9. The first kappa shape index (κ1) is 19.6. The zero-order valence-corrected chi connectivity index (χ0v) is 16.4. The van der Waals surface area contributed by atoms with Crippen LogP contribution in [0.4, 0.5) is 5.69 Å². The third-order valence-electron chi connectivity index (χ3n) is 3.88. The molecule has 0 aliphatic carbocycles. The average molecular weight is 392 g/mol. The molecule has 1 N–H and O–H groups in total. The van der Waals surface area contributed by atoms with E-state index in [1.54, 1.807) is 13.0 Å². The van der Waals surface area contributed by atoms with E-state index < -0.39 is 0 Å². The molecule has 7 heteroatoms. The number of thioether (sulfide) groups is 1. The van der Waals surface area contributed by atoms with Crippen molar-refractivity contribution in [3.63, 3.8) is 0 Å². The van der Waals surface area contributed by atoms with Gasteiger partial charge < -0.3 is 9.88 Å². The molecule has 0 aliphatic rings. The molecule has 0 atom stereocenters. The smallest absolute Gasteiger partial charge is 0.248 e. The van der Waals surface area contributed by atoms with Crippen molar-refractivity contribution in [3.8, 4) is 11.4 Å². The maximum absolute atomic E-state index is 12.1. The molecule has 142 valence electrons. The molecule has 0 radical (unpaired) electrons. The predicted molar refractivity (Wildman–Crippen MR) is 112 cm³/mol. The van der Waals surface area contributed by atoms with Gasteiger partial charge in [0.2, 0.25) is 5.91 Å². The van der Waals surface area contributed by atoms with Gasteiger partial charge in [0.25, 0.3) is 0 Å². The number of hydrogen-bond acceptors (Lipinski definition) is 5. The molecule has 28 heavy (non-hydrogen) atoms. The van der Waals surface area contributed by atoms with Crippen LogP contribution in [-0.4, -0.2) is 32.2 Å². The second-order valence-electron chi connectivity index (χ2n) is 6.17. The summed E-state index contributed by atoms with van der Waals surface area (Å²) in [5.74, 6) is 0.968. The topological polar surface area (TPSA) is 76.9 Å². The summed E-state index contributed by atoms with van der Waals surface area (Å²) < 4.78 is 1.85. The quantitative estimate of drug-likeness (QED) is 0.489. The van der Waals surface area contributed by atoms with Crippen molar-refractivity contribution in [3.05, 3.63) is 66.2 Å². The Hall–Kier alpha value is -3.19. The van der Waals surface area contributed by atoms with Crippen LogP contribution in [0.15, 0.2) is 65.8 Å². The molecule has 0 aliphatic heterocycles. The highest BCUT2D eigenvalue weighted by atomic mass is 32.2. The highest BCUT2D eigenvalue weighted by Gasteiger charge is 2.12. The standard InChI is InChI=1S/C21H20N4O2S/c1-15(26)14-28-21-24-23-20(25(21)2)17-9-11-18(12-10-17)22-19(27)13-8-16-6-4-3-5-7-16/h3-13H,14H2,1-2H3,(H,22,27). The zero-order chi connectivity index (χ0) is 19.9.